The molecule has 17 heavy (non-hydrogen) atoms. The van der Waals surface area contributed by atoms with Gasteiger partial charge >= 0.3 is 0 Å². The number of hydrogen-bond donors (Lipinski definition) is 1. The van der Waals surface area contributed by atoms with Gasteiger partial charge in [0.1, 0.15) is 0 Å². The first kappa shape index (κ1) is 12.6. The molecular formula is C15H24N2. The third-order valence-corrected chi connectivity index (χ3v) is 3.74. The molecule has 0 aliphatic carbocycles. The smallest absolute Gasteiger partial charge is 0.0294 e. The van der Waals surface area contributed by atoms with E-state index in [0.717, 1.165) is 0 Å². The molecule has 1 aromatic carbocycles. The predicted octanol–water partition coefficient (Wildman–Crippen LogP) is 2.82. The minimum Gasteiger partial charge on any atom is -0.306 e. The highest BCUT2D eigenvalue weighted by Gasteiger charge is 2.20. The van der Waals surface area contributed by atoms with Crippen molar-refractivity contribution in [1.82, 2.24) is 10.2 Å². The van der Waals surface area contributed by atoms with Gasteiger partial charge in [-0.15, -0.1) is 0 Å². The van der Waals surface area contributed by atoms with Crippen molar-refractivity contribution in [2.45, 2.75) is 38.8 Å². The number of nitrogens with zero attached hydrogens (tertiary/aromatic N) is 1. The van der Waals surface area contributed by atoms with Crippen molar-refractivity contribution in [3.05, 3.63) is 35.9 Å². The van der Waals surface area contributed by atoms with Crippen LogP contribution in [-0.2, 0) is 0 Å². The highest BCUT2D eigenvalue weighted by molar-refractivity contribution is 5.18. The molecule has 2 atom stereocenters. The van der Waals surface area contributed by atoms with Crippen LogP contribution in [0.25, 0.3) is 0 Å². The zero-order valence-electron chi connectivity index (χ0n) is 11.0. The standard InChI is InChI=1S/C15H24N2/c1-3-17-11-7-10-15(12-17)16-13(2)14-8-5-4-6-9-14/h4-6,8-9,13,15-16H,3,7,10-12H2,1-2H3. The van der Waals surface area contributed by atoms with Gasteiger partial charge in [0.25, 0.3) is 0 Å². The average molecular weight is 232 g/mol. The molecule has 1 fully saturated rings. The second kappa shape index (κ2) is 6.18. The fourth-order valence-corrected chi connectivity index (χ4v) is 2.67. The normalized spacial score (nSPS) is 23.5. The minimum atomic E-state index is 0.456. The van der Waals surface area contributed by atoms with Crippen LogP contribution >= 0.6 is 0 Å². The molecule has 2 rings (SSSR count). The summed E-state index contributed by atoms with van der Waals surface area (Å²) in [6, 6.07) is 11.8. The van der Waals surface area contributed by atoms with Crippen LogP contribution in [0.3, 0.4) is 0 Å². The second-order valence-electron chi connectivity index (χ2n) is 5.03. The third-order valence-electron chi connectivity index (χ3n) is 3.74. The molecule has 2 unspecified atom stereocenters. The van der Waals surface area contributed by atoms with Crippen molar-refractivity contribution in [3.63, 3.8) is 0 Å². The van der Waals surface area contributed by atoms with Crippen LogP contribution in [0, 0.1) is 0 Å². The van der Waals surface area contributed by atoms with Gasteiger partial charge in [-0.2, -0.15) is 0 Å². The second-order valence-corrected chi connectivity index (χ2v) is 5.03. The number of hydrogen-bond acceptors (Lipinski definition) is 2. The maximum Gasteiger partial charge on any atom is 0.0294 e. The van der Waals surface area contributed by atoms with Gasteiger partial charge in [0.2, 0.25) is 0 Å². The molecule has 0 spiro atoms. The van der Waals surface area contributed by atoms with Crippen LogP contribution in [0.1, 0.15) is 38.3 Å². The van der Waals surface area contributed by atoms with Gasteiger partial charge < -0.3 is 10.2 Å². The Bertz CT molecular complexity index is 323. The van der Waals surface area contributed by atoms with Crippen molar-refractivity contribution in [1.29, 1.82) is 0 Å². The van der Waals surface area contributed by atoms with Gasteiger partial charge in [0, 0.05) is 18.6 Å². The van der Waals surface area contributed by atoms with Gasteiger partial charge in [-0.05, 0) is 38.4 Å². The summed E-state index contributed by atoms with van der Waals surface area (Å²) < 4.78 is 0. The Morgan fingerprint density at radius 3 is 2.82 bits per heavy atom. The number of rotatable bonds is 4. The van der Waals surface area contributed by atoms with E-state index < -0.39 is 0 Å². The molecule has 1 aliphatic rings. The van der Waals surface area contributed by atoms with E-state index in [1.54, 1.807) is 0 Å². The van der Waals surface area contributed by atoms with Crippen molar-refractivity contribution in [2.24, 2.45) is 0 Å². The van der Waals surface area contributed by atoms with Gasteiger partial charge in [-0.1, -0.05) is 37.3 Å². The average Bonchev–Trinajstić information content (AvgIpc) is 2.40. The molecule has 0 radical (unpaired) electrons. The fraction of sp³-hybridized carbons (Fsp3) is 0.600. The first-order valence-electron chi connectivity index (χ1n) is 6.83. The van der Waals surface area contributed by atoms with Gasteiger partial charge in [-0.25, -0.2) is 0 Å². The summed E-state index contributed by atoms with van der Waals surface area (Å²) in [6.07, 6.45) is 2.64. The summed E-state index contributed by atoms with van der Waals surface area (Å²) in [4.78, 5) is 2.54. The lowest BCUT2D eigenvalue weighted by Crippen LogP contribution is -2.46. The van der Waals surface area contributed by atoms with Crippen LogP contribution in [0.15, 0.2) is 30.3 Å². The van der Waals surface area contributed by atoms with Gasteiger partial charge in [0.15, 0.2) is 0 Å². The zero-order chi connectivity index (χ0) is 12.1. The summed E-state index contributed by atoms with van der Waals surface area (Å²) in [5, 5.41) is 3.76. The molecule has 1 saturated heterocycles. The number of benzene rings is 1. The predicted molar refractivity (Wildman–Crippen MR) is 73.1 cm³/mol. The van der Waals surface area contributed by atoms with Crippen molar-refractivity contribution < 1.29 is 0 Å². The van der Waals surface area contributed by atoms with Crippen molar-refractivity contribution in [2.75, 3.05) is 19.6 Å². The maximum atomic E-state index is 3.76. The van der Waals surface area contributed by atoms with Crippen LogP contribution in [-0.4, -0.2) is 30.6 Å². The minimum absolute atomic E-state index is 0.456. The molecule has 1 N–H and O–H groups in total. The number of likely N-dealkylation sites (N-methyl/N-ethyl adjacent to an activating group) is 1. The Morgan fingerprint density at radius 2 is 2.12 bits per heavy atom. The van der Waals surface area contributed by atoms with Crippen molar-refractivity contribution >= 4 is 0 Å². The molecule has 1 heterocycles. The maximum absolute atomic E-state index is 3.76. The summed E-state index contributed by atoms with van der Waals surface area (Å²) in [5.41, 5.74) is 1.39. The van der Waals surface area contributed by atoms with Gasteiger partial charge in [0.05, 0.1) is 0 Å². The highest BCUT2D eigenvalue weighted by atomic mass is 15.2. The van der Waals surface area contributed by atoms with Crippen LogP contribution < -0.4 is 5.32 Å². The third kappa shape index (κ3) is 3.55. The quantitative estimate of drug-likeness (QED) is 0.858. The molecule has 94 valence electrons. The first-order valence-corrected chi connectivity index (χ1v) is 6.83. The Morgan fingerprint density at radius 1 is 1.35 bits per heavy atom. The summed E-state index contributed by atoms with van der Waals surface area (Å²) in [5.74, 6) is 0. The van der Waals surface area contributed by atoms with E-state index in [1.165, 1.54) is 38.0 Å². The highest BCUT2D eigenvalue weighted by Crippen LogP contribution is 2.16. The molecule has 2 heteroatoms. The largest absolute Gasteiger partial charge is 0.306 e. The fourth-order valence-electron chi connectivity index (χ4n) is 2.67. The number of likely N-dealkylation sites (tertiary alicyclic amines) is 1. The summed E-state index contributed by atoms with van der Waals surface area (Å²) in [6.45, 7) is 8.17. The molecule has 1 aromatic rings. The summed E-state index contributed by atoms with van der Waals surface area (Å²) in [7, 11) is 0. The first-order chi connectivity index (χ1) is 8.29. The van der Waals surface area contributed by atoms with E-state index in [9.17, 15) is 0 Å². The van der Waals surface area contributed by atoms with E-state index in [4.69, 9.17) is 0 Å². The lowest BCUT2D eigenvalue weighted by Gasteiger charge is -2.34. The van der Waals surface area contributed by atoms with E-state index in [1.807, 2.05) is 0 Å². The molecular weight excluding hydrogens is 208 g/mol. The lowest BCUT2D eigenvalue weighted by molar-refractivity contribution is 0.192. The molecule has 1 aliphatic heterocycles. The molecule has 0 amide bonds. The molecule has 2 nitrogen and oxygen atoms in total. The molecule has 0 bridgehead atoms. The van der Waals surface area contributed by atoms with E-state index >= 15 is 0 Å². The zero-order valence-corrected chi connectivity index (χ0v) is 11.0. The van der Waals surface area contributed by atoms with Crippen LogP contribution in [0.4, 0.5) is 0 Å². The van der Waals surface area contributed by atoms with Crippen molar-refractivity contribution in [3.8, 4) is 0 Å². The van der Waals surface area contributed by atoms with E-state index in [0.29, 0.717) is 12.1 Å². The van der Waals surface area contributed by atoms with Crippen LogP contribution in [0.2, 0.25) is 0 Å². The van der Waals surface area contributed by atoms with E-state index in [2.05, 4.69) is 54.4 Å². The Hall–Kier alpha value is -0.860. The van der Waals surface area contributed by atoms with Crippen LogP contribution in [0.5, 0.6) is 0 Å². The van der Waals surface area contributed by atoms with Gasteiger partial charge in [-0.3, -0.25) is 0 Å². The molecule has 0 aromatic heterocycles. The monoisotopic (exact) mass is 232 g/mol. The van der Waals surface area contributed by atoms with E-state index in [-0.39, 0.29) is 0 Å². The SMILES string of the molecule is CCN1CCCC(NC(C)c2ccccc2)C1. The topological polar surface area (TPSA) is 15.3 Å². The number of piperidine rings is 1. The number of nitrogens with one attached hydrogen (secondary N) is 1. The Balaban J connectivity index is 1.88. The lowest BCUT2D eigenvalue weighted by atomic mass is 10.0. The Kier molecular flexibility index (Phi) is 4.57. The Labute approximate surface area is 105 Å². The summed E-state index contributed by atoms with van der Waals surface area (Å²) >= 11 is 0. The molecule has 0 saturated carbocycles.